The number of methoxy groups -OCH3 is 1. The Labute approximate surface area is 167 Å². The van der Waals surface area contributed by atoms with Crippen molar-refractivity contribution < 1.29 is 4.74 Å². The minimum atomic E-state index is 0.561. The third-order valence-corrected chi connectivity index (χ3v) is 5.64. The molecule has 0 aliphatic rings. The number of thioether (sulfide) groups is 1. The van der Waals surface area contributed by atoms with Gasteiger partial charge in [0.1, 0.15) is 0 Å². The number of aryl methyl sites for hydroxylation is 1. The molecule has 4 nitrogen and oxygen atoms in total. The summed E-state index contributed by atoms with van der Waals surface area (Å²) in [6.07, 6.45) is 0. The maximum Gasteiger partial charge on any atom is 0.191 e. The molecule has 1 heterocycles. The van der Waals surface area contributed by atoms with Gasteiger partial charge in [0.2, 0.25) is 0 Å². The fourth-order valence-corrected chi connectivity index (χ4v) is 3.78. The average molecular weight is 408 g/mol. The molecule has 0 atom stereocenters. The molecule has 3 rings (SSSR count). The standard InChI is InChI=1S/C19H19Cl2N3OS/c1-13-4-3-5-15(10-13)18-22-23-19(24(18)8-9-25-2)26-12-14-6-7-16(20)17(21)11-14/h3-7,10-11H,8-9,12H2,1-2H3. The summed E-state index contributed by atoms with van der Waals surface area (Å²) in [5.74, 6) is 1.58. The van der Waals surface area contributed by atoms with Crippen LogP contribution in [0.25, 0.3) is 11.4 Å². The molecule has 1 aromatic heterocycles. The van der Waals surface area contributed by atoms with Gasteiger partial charge in [0, 0.05) is 18.4 Å². The lowest BCUT2D eigenvalue weighted by Crippen LogP contribution is -2.07. The number of benzene rings is 2. The maximum absolute atomic E-state index is 6.10. The van der Waals surface area contributed by atoms with Crippen LogP contribution in [0.4, 0.5) is 0 Å². The van der Waals surface area contributed by atoms with E-state index >= 15 is 0 Å². The fourth-order valence-electron chi connectivity index (χ4n) is 2.55. The van der Waals surface area contributed by atoms with Gasteiger partial charge in [0.15, 0.2) is 11.0 Å². The SMILES string of the molecule is COCCn1c(SCc2ccc(Cl)c(Cl)c2)nnc1-c1cccc(C)c1. The first kappa shape index (κ1) is 19.2. The summed E-state index contributed by atoms with van der Waals surface area (Å²) >= 11 is 13.7. The van der Waals surface area contributed by atoms with Crippen molar-refractivity contribution in [3.05, 3.63) is 63.6 Å². The molecule has 0 N–H and O–H groups in total. The van der Waals surface area contributed by atoms with Crippen LogP contribution in [0.15, 0.2) is 47.6 Å². The average Bonchev–Trinajstić information content (AvgIpc) is 3.03. The molecule has 0 saturated heterocycles. The Balaban J connectivity index is 1.85. The van der Waals surface area contributed by atoms with Crippen LogP contribution in [0, 0.1) is 6.92 Å². The van der Waals surface area contributed by atoms with Gasteiger partial charge in [-0.25, -0.2) is 0 Å². The number of hydrogen-bond acceptors (Lipinski definition) is 4. The molecule has 0 radical (unpaired) electrons. The molecule has 136 valence electrons. The van der Waals surface area contributed by atoms with Gasteiger partial charge in [-0.15, -0.1) is 10.2 Å². The van der Waals surface area contributed by atoms with E-state index in [4.69, 9.17) is 27.9 Å². The molecular weight excluding hydrogens is 389 g/mol. The van der Waals surface area contributed by atoms with E-state index in [-0.39, 0.29) is 0 Å². The van der Waals surface area contributed by atoms with Crippen molar-refractivity contribution in [3.8, 4) is 11.4 Å². The lowest BCUT2D eigenvalue weighted by atomic mass is 10.1. The first-order chi connectivity index (χ1) is 12.6. The molecule has 26 heavy (non-hydrogen) atoms. The Morgan fingerprint density at radius 1 is 1.08 bits per heavy atom. The van der Waals surface area contributed by atoms with Crippen LogP contribution in [-0.4, -0.2) is 28.5 Å². The number of aromatic nitrogens is 3. The summed E-state index contributed by atoms with van der Waals surface area (Å²) < 4.78 is 7.36. The molecule has 0 aliphatic carbocycles. The Morgan fingerprint density at radius 2 is 1.92 bits per heavy atom. The van der Waals surface area contributed by atoms with E-state index in [2.05, 4.69) is 33.8 Å². The lowest BCUT2D eigenvalue weighted by molar-refractivity contribution is 0.185. The van der Waals surface area contributed by atoms with E-state index in [0.717, 1.165) is 27.9 Å². The molecule has 0 aliphatic heterocycles. The van der Waals surface area contributed by atoms with E-state index < -0.39 is 0 Å². The Morgan fingerprint density at radius 3 is 2.65 bits per heavy atom. The summed E-state index contributed by atoms with van der Waals surface area (Å²) in [5, 5.41) is 10.8. The van der Waals surface area contributed by atoms with Crippen LogP contribution >= 0.6 is 35.0 Å². The lowest BCUT2D eigenvalue weighted by Gasteiger charge is -2.10. The molecule has 3 aromatic rings. The highest BCUT2D eigenvalue weighted by molar-refractivity contribution is 7.98. The van der Waals surface area contributed by atoms with E-state index in [1.807, 2.05) is 30.3 Å². The van der Waals surface area contributed by atoms with E-state index in [1.54, 1.807) is 18.9 Å². The van der Waals surface area contributed by atoms with E-state index in [1.165, 1.54) is 5.56 Å². The highest BCUT2D eigenvalue weighted by Crippen LogP contribution is 2.29. The Hall–Kier alpha value is -1.53. The molecule has 0 fully saturated rings. The van der Waals surface area contributed by atoms with Crippen LogP contribution < -0.4 is 0 Å². The third-order valence-electron chi connectivity index (χ3n) is 3.86. The summed E-state index contributed by atoms with van der Waals surface area (Å²) in [6.45, 7) is 3.35. The zero-order valence-corrected chi connectivity index (χ0v) is 16.9. The van der Waals surface area contributed by atoms with Gasteiger partial charge in [-0.2, -0.15) is 0 Å². The summed E-state index contributed by atoms with van der Waals surface area (Å²) in [6, 6.07) is 13.9. The summed E-state index contributed by atoms with van der Waals surface area (Å²) in [5.41, 5.74) is 3.33. The van der Waals surface area contributed by atoms with Crippen molar-refractivity contribution in [2.24, 2.45) is 0 Å². The zero-order chi connectivity index (χ0) is 18.5. The van der Waals surface area contributed by atoms with E-state index in [9.17, 15) is 0 Å². The quantitative estimate of drug-likeness (QED) is 0.484. The predicted molar refractivity (Wildman–Crippen MR) is 108 cm³/mol. The summed E-state index contributed by atoms with van der Waals surface area (Å²) in [4.78, 5) is 0. The fraction of sp³-hybridized carbons (Fsp3) is 0.263. The van der Waals surface area contributed by atoms with Crippen LogP contribution in [0.5, 0.6) is 0 Å². The number of halogens is 2. The van der Waals surface area contributed by atoms with Crippen molar-refractivity contribution in [1.29, 1.82) is 0 Å². The van der Waals surface area contributed by atoms with Crippen molar-refractivity contribution in [2.75, 3.05) is 13.7 Å². The third kappa shape index (κ3) is 4.60. The van der Waals surface area contributed by atoms with Gasteiger partial charge in [-0.05, 0) is 30.7 Å². The monoisotopic (exact) mass is 407 g/mol. The smallest absolute Gasteiger partial charge is 0.191 e. The van der Waals surface area contributed by atoms with Crippen molar-refractivity contribution in [3.63, 3.8) is 0 Å². The molecule has 0 spiro atoms. The van der Waals surface area contributed by atoms with Crippen LogP contribution in [0.2, 0.25) is 10.0 Å². The normalized spacial score (nSPS) is 11.1. The largest absolute Gasteiger partial charge is 0.383 e. The van der Waals surface area contributed by atoms with Crippen molar-refractivity contribution in [1.82, 2.24) is 14.8 Å². The molecular formula is C19H19Cl2N3OS. The topological polar surface area (TPSA) is 39.9 Å². The van der Waals surface area contributed by atoms with Gasteiger partial charge in [-0.3, -0.25) is 4.57 Å². The number of ether oxygens (including phenoxy) is 1. The number of hydrogen-bond donors (Lipinski definition) is 0. The molecule has 7 heteroatoms. The van der Waals surface area contributed by atoms with Crippen LogP contribution in [0.3, 0.4) is 0 Å². The molecule has 0 bridgehead atoms. The number of nitrogens with zero attached hydrogens (tertiary/aromatic N) is 3. The second-order valence-corrected chi connectivity index (χ2v) is 7.61. The first-order valence-electron chi connectivity index (χ1n) is 8.14. The van der Waals surface area contributed by atoms with Crippen molar-refractivity contribution >= 4 is 35.0 Å². The van der Waals surface area contributed by atoms with Crippen LogP contribution in [0.1, 0.15) is 11.1 Å². The first-order valence-corrected chi connectivity index (χ1v) is 9.88. The summed E-state index contributed by atoms with van der Waals surface area (Å²) in [7, 11) is 1.69. The van der Waals surface area contributed by atoms with Crippen molar-refractivity contribution in [2.45, 2.75) is 24.4 Å². The Kier molecular flexibility index (Phi) is 6.59. The second-order valence-electron chi connectivity index (χ2n) is 5.86. The second kappa shape index (κ2) is 8.91. The zero-order valence-electron chi connectivity index (χ0n) is 14.6. The Bertz CT molecular complexity index is 898. The molecule has 0 unspecified atom stereocenters. The molecule has 0 saturated carbocycles. The van der Waals surface area contributed by atoms with Gasteiger partial charge in [-0.1, -0.05) is 64.8 Å². The predicted octanol–water partition coefficient (Wildman–Crippen LogP) is 5.50. The minimum Gasteiger partial charge on any atom is -0.383 e. The molecule has 2 aromatic carbocycles. The van der Waals surface area contributed by atoms with Gasteiger partial charge < -0.3 is 4.74 Å². The van der Waals surface area contributed by atoms with E-state index in [0.29, 0.717) is 23.2 Å². The minimum absolute atomic E-state index is 0.561. The van der Waals surface area contributed by atoms with Gasteiger partial charge in [0.25, 0.3) is 0 Å². The number of rotatable bonds is 7. The highest BCUT2D eigenvalue weighted by Gasteiger charge is 2.14. The van der Waals surface area contributed by atoms with Gasteiger partial charge in [0.05, 0.1) is 23.2 Å². The van der Waals surface area contributed by atoms with Crippen LogP contribution in [-0.2, 0) is 17.0 Å². The highest BCUT2D eigenvalue weighted by atomic mass is 35.5. The maximum atomic E-state index is 6.10. The van der Waals surface area contributed by atoms with Gasteiger partial charge >= 0.3 is 0 Å². The molecule has 0 amide bonds.